The third-order valence-corrected chi connectivity index (χ3v) is 17.5. The van der Waals surface area contributed by atoms with E-state index in [2.05, 4.69) is 89.5 Å². The molecule has 0 aliphatic heterocycles. The zero-order chi connectivity index (χ0) is 32.5. The van der Waals surface area contributed by atoms with Crippen molar-refractivity contribution in [2.75, 3.05) is 0 Å². The molecule has 4 aromatic carbocycles. The van der Waals surface area contributed by atoms with Gasteiger partial charge < -0.3 is 4.57 Å². The molecule has 1 nitrogen and oxygen atoms in total. The number of rotatable bonds is 2. The summed E-state index contributed by atoms with van der Waals surface area (Å²) in [6, 6.07) is 32.9. The summed E-state index contributed by atoms with van der Waals surface area (Å²) in [5.41, 5.74) is 5.66. The molecule has 12 rings (SSSR count). The Bertz CT molecular complexity index is 2210. The molecule has 0 N–H and O–H groups in total. The third-order valence-electron chi connectivity index (χ3n) is 16.3. The summed E-state index contributed by atoms with van der Waals surface area (Å²) in [5, 5.41) is 5.78. The molecule has 6 fully saturated rings. The monoisotopic (exact) mass is 673 g/mol. The topological polar surface area (TPSA) is 4.93 Å². The van der Waals surface area contributed by atoms with Crippen LogP contribution in [0, 0.1) is 59.2 Å². The lowest BCUT2D eigenvalue weighted by atomic mass is 9.37. The van der Waals surface area contributed by atoms with E-state index in [1.807, 2.05) is 11.3 Å². The molecular formula is C48H51NS. The number of hydrogen-bond donors (Lipinski definition) is 0. The number of para-hydroxylation sites is 1. The average Bonchev–Trinajstić information content (AvgIpc) is 3.73. The Morgan fingerprint density at radius 2 is 1.08 bits per heavy atom. The molecule has 8 unspecified atom stereocenters. The number of hydrogen-bond acceptors (Lipinski definition) is 1. The number of thiophene rings is 1. The van der Waals surface area contributed by atoms with Crippen LogP contribution in [0.15, 0.2) is 84.9 Å². The maximum atomic E-state index is 2.72. The fraction of sp³-hybridized carbons (Fsp3) is 0.500. The second kappa shape index (κ2) is 11.2. The van der Waals surface area contributed by atoms with Gasteiger partial charge in [-0.1, -0.05) is 80.6 Å². The van der Waals surface area contributed by atoms with E-state index in [-0.39, 0.29) is 0 Å². The average molecular weight is 674 g/mol. The largest absolute Gasteiger partial charge is 0.309 e. The van der Waals surface area contributed by atoms with Gasteiger partial charge in [0.1, 0.15) is 0 Å². The Kier molecular flexibility index (Phi) is 6.60. The molecule has 2 heteroatoms. The Morgan fingerprint density at radius 3 is 1.80 bits per heavy atom. The minimum atomic E-state index is 0.712. The van der Waals surface area contributed by atoms with Crippen molar-refractivity contribution >= 4 is 53.3 Å². The van der Waals surface area contributed by atoms with Crippen LogP contribution in [0.2, 0.25) is 0 Å². The molecular weight excluding hydrogens is 623 g/mol. The van der Waals surface area contributed by atoms with Crippen molar-refractivity contribution in [1.29, 1.82) is 0 Å². The van der Waals surface area contributed by atoms with Crippen molar-refractivity contribution in [2.24, 2.45) is 59.2 Å². The van der Waals surface area contributed by atoms with Gasteiger partial charge in [0.2, 0.25) is 0 Å². The molecule has 50 heavy (non-hydrogen) atoms. The third kappa shape index (κ3) is 4.07. The summed E-state index contributed by atoms with van der Waals surface area (Å²) < 4.78 is 5.43. The summed E-state index contributed by atoms with van der Waals surface area (Å²) in [4.78, 5) is 0. The second-order valence-electron chi connectivity index (χ2n) is 18.0. The molecule has 0 radical (unpaired) electrons. The van der Waals surface area contributed by atoms with Gasteiger partial charge in [-0.2, -0.15) is 0 Å². The first kappa shape index (κ1) is 29.5. The highest BCUT2D eigenvalue weighted by molar-refractivity contribution is 7.26. The summed E-state index contributed by atoms with van der Waals surface area (Å²) in [6.45, 7) is 0. The Morgan fingerprint density at radius 1 is 0.480 bits per heavy atom. The molecule has 6 saturated carbocycles. The van der Waals surface area contributed by atoms with Crippen molar-refractivity contribution in [3.05, 3.63) is 90.5 Å². The van der Waals surface area contributed by atoms with Crippen LogP contribution in [0.1, 0.15) is 95.0 Å². The maximum Gasteiger partial charge on any atom is 0.0555 e. The summed E-state index contributed by atoms with van der Waals surface area (Å²) in [5.74, 6) is 11.1. The molecule has 254 valence electrons. The van der Waals surface area contributed by atoms with E-state index < -0.39 is 0 Å². The van der Waals surface area contributed by atoms with Crippen LogP contribution in [0.25, 0.3) is 47.7 Å². The van der Waals surface area contributed by atoms with Gasteiger partial charge in [-0.25, -0.2) is 0 Å². The quantitative estimate of drug-likeness (QED) is 0.172. The minimum absolute atomic E-state index is 0.712. The molecule has 0 bridgehead atoms. The molecule has 6 aliphatic carbocycles. The number of aromatic nitrogens is 1. The zero-order valence-corrected chi connectivity index (χ0v) is 30.3. The van der Waals surface area contributed by atoms with Gasteiger partial charge in [-0.05, 0) is 158 Å². The molecule has 0 spiro atoms. The van der Waals surface area contributed by atoms with Gasteiger partial charge >= 0.3 is 0 Å². The number of nitrogens with zero attached hydrogens (tertiary/aromatic N) is 1. The van der Waals surface area contributed by atoms with E-state index in [1.54, 1.807) is 50.5 Å². The van der Waals surface area contributed by atoms with Gasteiger partial charge in [-0.3, -0.25) is 0 Å². The van der Waals surface area contributed by atoms with Crippen molar-refractivity contribution < 1.29 is 0 Å². The predicted octanol–water partition coefficient (Wildman–Crippen LogP) is 13.6. The number of fused-ring (bicyclic) bond motifs is 13. The van der Waals surface area contributed by atoms with Crippen LogP contribution in [-0.2, 0) is 0 Å². The van der Waals surface area contributed by atoms with Crippen LogP contribution in [0.4, 0.5) is 0 Å². The summed E-state index contributed by atoms with van der Waals surface area (Å²) >= 11 is 2.00. The Hall–Kier alpha value is -3.10. The van der Waals surface area contributed by atoms with E-state index in [9.17, 15) is 0 Å². The highest BCUT2D eigenvalue weighted by Gasteiger charge is 2.63. The van der Waals surface area contributed by atoms with Gasteiger partial charge in [0.25, 0.3) is 0 Å². The molecule has 6 aromatic rings. The van der Waals surface area contributed by atoms with Crippen molar-refractivity contribution in [3.8, 4) is 5.69 Å². The van der Waals surface area contributed by atoms with E-state index >= 15 is 0 Å². The van der Waals surface area contributed by atoms with E-state index in [0.29, 0.717) is 5.92 Å². The van der Waals surface area contributed by atoms with E-state index in [1.165, 1.54) is 86.2 Å². The van der Waals surface area contributed by atoms with Crippen molar-refractivity contribution in [2.45, 2.75) is 89.4 Å². The summed E-state index contributed by atoms with van der Waals surface area (Å²) in [6.07, 6.45) is 19.9. The van der Waals surface area contributed by atoms with Crippen LogP contribution >= 0.6 is 11.3 Å². The fourth-order valence-electron chi connectivity index (χ4n) is 14.9. The zero-order valence-electron chi connectivity index (χ0n) is 29.5. The first-order valence-electron chi connectivity index (χ1n) is 20.8. The lowest BCUT2D eigenvalue weighted by molar-refractivity contribution is -0.189. The predicted molar refractivity (Wildman–Crippen MR) is 211 cm³/mol. The molecule has 0 amide bonds. The standard InChI is InChI=1S/C48H51NS/c1-2-11-30(12-3-1)49-42-23-21-28(25-41(42)47-43(49)24-22-38-35-17-8-9-20-44(35)50-48(38)47)29-26-39-33-15-6-4-13-31(33)36-18-10-19-37-32-14-5-7-16-34(32)40(27-29)46(39)45(36)37/h1-3,8-9,11-12,17,20-25,29,31-34,36-37,39-40,45-46H,4-7,10,13-16,18-19,26-27H2. The van der Waals surface area contributed by atoms with Crippen LogP contribution in [0.3, 0.4) is 0 Å². The Balaban J connectivity index is 1.04. The lowest BCUT2D eigenvalue weighted by Gasteiger charge is -2.68. The molecule has 2 heterocycles. The van der Waals surface area contributed by atoms with Crippen LogP contribution in [-0.4, -0.2) is 4.57 Å². The molecule has 6 aliphatic rings. The normalized spacial score (nSPS) is 36.4. The van der Waals surface area contributed by atoms with E-state index in [0.717, 1.165) is 59.2 Å². The highest BCUT2D eigenvalue weighted by Crippen LogP contribution is 2.70. The van der Waals surface area contributed by atoms with Gasteiger partial charge in [-0.15, -0.1) is 11.3 Å². The molecule has 0 saturated heterocycles. The van der Waals surface area contributed by atoms with Gasteiger partial charge in [0.15, 0.2) is 0 Å². The lowest BCUT2D eigenvalue weighted by Crippen LogP contribution is -2.61. The SMILES string of the molecule is c1ccc(-n2c3ccc(C4CC5C6CCCCC6C6CCCC7C8CCCCC8C(C4)C5C67)cc3c3c4sc5ccccc5c4ccc32)cc1. The Labute approximate surface area is 301 Å². The molecule has 2 aromatic heterocycles. The molecule has 8 atom stereocenters. The fourth-order valence-corrected chi connectivity index (χ4v) is 16.2. The van der Waals surface area contributed by atoms with Gasteiger partial charge in [0.05, 0.1) is 11.0 Å². The van der Waals surface area contributed by atoms with Crippen LogP contribution < -0.4 is 0 Å². The smallest absolute Gasteiger partial charge is 0.0555 e. The minimum Gasteiger partial charge on any atom is -0.309 e. The second-order valence-corrected chi connectivity index (χ2v) is 19.1. The summed E-state index contributed by atoms with van der Waals surface area (Å²) in [7, 11) is 0. The number of benzene rings is 4. The van der Waals surface area contributed by atoms with Gasteiger partial charge in [0, 0.05) is 36.6 Å². The highest BCUT2D eigenvalue weighted by atomic mass is 32.1. The van der Waals surface area contributed by atoms with E-state index in [4.69, 9.17) is 0 Å². The first-order valence-corrected chi connectivity index (χ1v) is 21.6. The van der Waals surface area contributed by atoms with Crippen molar-refractivity contribution in [1.82, 2.24) is 4.57 Å². The van der Waals surface area contributed by atoms with Crippen LogP contribution in [0.5, 0.6) is 0 Å². The maximum absolute atomic E-state index is 2.72. The van der Waals surface area contributed by atoms with Crippen molar-refractivity contribution in [3.63, 3.8) is 0 Å². The first-order chi connectivity index (χ1) is 24.8.